The van der Waals surface area contributed by atoms with E-state index in [9.17, 15) is 4.79 Å². The molecule has 0 aliphatic heterocycles. The highest BCUT2D eigenvalue weighted by Crippen LogP contribution is 2.21. The zero-order valence-electron chi connectivity index (χ0n) is 11.8. The monoisotopic (exact) mass is 271 g/mol. The van der Waals surface area contributed by atoms with Crippen LogP contribution >= 0.6 is 0 Å². The number of carbonyl (C=O) groups is 1. The van der Waals surface area contributed by atoms with Gasteiger partial charge in [-0.15, -0.1) is 0 Å². The van der Waals surface area contributed by atoms with Crippen molar-refractivity contribution >= 4 is 5.97 Å². The van der Waals surface area contributed by atoms with E-state index in [2.05, 4.69) is 15.0 Å². The fourth-order valence-corrected chi connectivity index (χ4v) is 1.82. The van der Waals surface area contributed by atoms with Crippen molar-refractivity contribution < 1.29 is 9.53 Å². The second-order valence-electron chi connectivity index (χ2n) is 4.58. The van der Waals surface area contributed by atoms with Gasteiger partial charge in [-0.05, 0) is 25.0 Å². The molecule has 5 nitrogen and oxygen atoms in total. The highest BCUT2D eigenvalue weighted by atomic mass is 16.5. The fraction of sp³-hybridized carbons (Fsp3) is 0.333. The van der Waals surface area contributed by atoms with Crippen molar-refractivity contribution in [3.63, 3.8) is 0 Å². The van der Waals surface area contributed by atoms with Crippen molar-refractivity contribution in [2.75, 3.05) is 6.61 Å². The summed E-state index contributed by atoms with van der Waals surface area (Å²) in [6, 6.07) is 5.54. The Kier molecular flexibility index (Phi) is 4.40. The van der Waals surface area contributed by atoms with Crippen LogP contribution in [0.5, 0.6) is 0 Å². The van der Waals surface area contributed by atoms with Gasteiger partial charge in [-0.25, -0.2) is 14.8 Å². The van der Waals surface area contributed by atoms with E-state index in [-0.39, 0.29) is 11.9 Å². The first kappa shape index (κ1) is 14.1. The molecule has 20 heavy (non-hydrogen) atoms. The minimum Gasteiger partial charge on any atom is -0.462 e. The maximum Gasteiger partial charge on any atom is 0.341 e. The molecular formula is C15H17N3O2. The van der Waals surface area contributed by atoms with Crippen LogP contribution in [0.3, 0.4) is 0 Å². The lowest BCUT2D eigenvalue weighted by Gasteiger charge is -2.11. The van der Waals surface area contributed by atoms with Crippen LogP contribution in [0.4, 0.5) is 0 Å². The molecule has 2 aromatic rings. The molecule has 0 bridgehead atoms. The number of hydrogen-bond acceptors (Lipinski definition) is 5. The molecule has 5 heteroatoms. The summed E-state index contributed by atoms with van der Waals surface area (Å²) in [6.07, 6.45) is 3.21. The highest BCUT2D eigenvalue weighted by molar-refractivity contribution is 5.90. The summed E-state index contributed by atoms with van der Waals surface area (Å²) in [5.74, 6) is 0.228. The molecule has 0 saturated carbocycles. The molecule has 0 aliphatic carbocycles. The standard InChI is InChI=1S/C15H17N3O2/c1-4-20-15(19)11-9-17-14(18-13(11)10(2)3)12-7-5-6-8-16-12/h5-10H,4H2,1-3H3. The third-order valence-corrected chi connectivity index (χ3v) is 2.75. The average molecular weight is 271 g/mol. The van der Waals surface area contributed by atoms with Gasteiger partial charge in [-0.1, -0.05) is 19.9 Å². The molecule has 0 aromatic carbocycles. The van der Waals surface area contributed by atoms with Gasteiger partial charge in [0.15, 0.2) is 5.82 Å². The van der Waals surface area contributed by atoms with Crippen LogP contribution in [0.15, 0.2) is 30.6 Å². The van der Waals surface area contributed by atoms with Crippen molar-refractivity contribution in [3.8, 4) is 11.5 Å². The number of esters is 1. The van der Waals surface area contributed by atoms with E-state index in [0.717, 1.165) is 0 Å². The van der Waals surface area contributed by atoms with Gasteiger partial charge in [-0.2, -0.15) is 0 Å². The number of nitrogens with zero attached hydrogens (tertiary/aromatic N) is 3. The van der Waals surface area contributed by atoms with Crippen LogP contribution in [0.25, 0.3) is 11.5 Å². The van der Waals surface area contributed by atoms with Gasteiger partial charge in [0, 0.05) is 12.4 Å². The van der Waals surface area contributed by atoms with E-state index in [1.165, 1.54) is 6.20 Å². The molecule has 2 heterocycles. The van der Waals surface area contributed by atoms with Gasteiger partial charge in [0.2, 0.25) is 0 Å². The number of ether oxygens (including phenoxy) is 1. The zero-order valence-corrected chi connectivity index (χ0v) is 11.8. The van der Waals surface area contributed by atoms with Crippen molar-refractivity contribution in [2.45, 2.75) is 26.7 Å². The summed E-state index contributed by atoms with van der Waals surface area (Å²) in [7, 11) is 0. The van der Waals surface area contributed by atoms with Crippen LogP contribution < -0.4 is 0 Å². The molecule has 0 unspecified atom stereocenters. The SMILES string of the molecule is CCOC(=O)c1cnc(-c2ccccn2)nc1C(C)C. The molecule has 0 spiro atoms. The predicted octanol–water partition coefficient (Wildman–Crippen LogP) is 2.84. The van der Waals surface area contributed by atoms with Crippen molar-refractivity contribution in [1.82, 2.24) is 15.0 Å². The number of pyridine rings is 1. The molecule has 0 radical (unpaired) electrons. The lowest BCUT2D eigenvalue weighted by molar-refractivity contribution is 0.0523. The van der Waals surface area contributed by atoms with Crippen LogP contribution in [-0.4, -0.2) is 27.5 Å². The molecule has 104 valence electrons. The average Bonchev–Trinajstić information content (AvgIpc) is 2.47. The van der Waals surface area contributed by atoms with E-state index in [4.69, 9.17) is 4.74 Å². The first-order valence-electron chi connectivity index (χ1n) is 6.59. The Morgan fingerprint density at radius 3 is 2.70 bits per heavy atom. The summed E-state index contributed by atoms with van der Waals surface area (Å²) >= 11 is 0. The van der Waals surface area contributed by atoms with E-state index in [0.29, 0.717) is 29.4 Å². The predicted molar refractivity (Wildman–Crippen MR) is 75.3 cm³/mol. The van der Waals surface area contributed by atoms with Gasteiger partial charge in [0.05, 0.1) is 17.9 Å². The Bertz CT molecular complexity index is 597. The highest BCUT2D eigenvalue weighted by Gasteiger charge is 2.18. The maximum atomic E-state index is 11.9. The minimum absolute atomic E-state index is 0.0971. The number of aromatic nitrogens is 3. The van der Waals surface area contributed by atoms with E-state index < -0.39 is 0 Å². The largest absolute Gasteiger partial charge is 0.462 e. The molecule has 0 amide bonds. The van der Waals surface area contributed by atoms with Crippen molar-refractivity contribution in [2.24, 2.45) is 0 Å². The Morgan fingerprint density at radius 1 is 1.30 bits per heavy atom. The minimum atomic E-state index is -0.385. The molecule has 0 N–H and O–H groups in total. The fourth-order valence-electron chi connectivity index (χ4n) is 1.82. The normalized spacial score (nSPS) is 10.6. The quantitative estimate of drug-likeness (QED) is 0.800. The Balaban J connectivity index is 2.45. The van der Waals surface area contributed by atoms with Gasteiger partial charge in [-0.3, -0.25) is 4.98 Å². The topological polar surface area (TPSA) is 65.0 Å². The van der Waals surface area contributed by atoms with E-state index in [1.807, 2.05) is 32.0 Å². The van der Waals surface area contributed by atoms with Crippen LogP contribution in [0.2, 0.25) is 0 Å². The number of carbonyl (C=O) groups excluding carboxylic acids is 1. The molecular weight excluding hydrogens is 254 g/mol. The zero-order chi connectivity index (χ0) is 14.5. The van der Waals surface area contributed by atoms with Crippen molar-refractivity contribution in [3.05, 3.63) is 41.9 Å². The molecule has 0 aliphatic rings. The summed E-state index contributed by atoms with van der Waals surface area (Å²) in [4.78, 5) is 24.8. The maximum absolute atomic E-state index is 11.9. The second kappa shape index (κ2) is 6.23. The first-order valence-corrected chi connectivity index (χ1v) is 6.59. The van der Waals surface area contributed by atoms with Crippen molar-refractivity contribution in [1.29, 1.82) is 0 Å². The summed E-state index contributed by atoms with van der Waals surface area (Å²) in [5.41, 5.74) is 1.78. The van der Waals surface area contributed by atoms with Gasteiger partial charge in [0.25, 0.3) is 0 Å². The van der Waals surface area contributed by atoms with Gasteiger partial charge in [0.1, 0.15) is 5.69 Å². The Hall–Kier alpha value is -2.30. The Labute approximate surface area is 118 Å². The van der Waals surface area contributed by atoms with E-state index in [1.54, 1.807) is 13.1 Å². The summed E-state index contributed by atoms with van der Waals surface area (Å²) in [6.45, 7) is 6.06. The van der Waals surface area contributed by atoms with E-state index >= 15 is 0 Å². The number of rotatable bonds is 4. The Morgan fingerprint density at radius 2 is 2.10 bits per heavy atom. The molecule has 0 atom stereocenters. The van der Waals surface area contributed by atoms with Crippen LogP contribution in [0.1, 0.15) is 42.7 Å². The van der Waals surface area contributed by atoms with Gasteiger partial charge >= 0.3 is 5.97 Å². The lowest BCUT2D eigenvalue weighted by Crippen LogP contribution is -2.12. The molecule has 2 rings (SSSR count). The van der Waals surface area contributed by atoms with Crippen LogP contribution in [0, 0.1) is 0 Å². The lowest BCUT2D eigenvalue weighted by atomic mass is 10.1. The second-order valence-corrected chi connectivity index (χ2v) is 4.58. The molecule has 0 saturated heterocycles. The molecule has 0 fully saturated rings. The first-order chi connectivity index (χ1) is 9.63. The smallest absolute Gasteiger partial charge is 0.341 e. The number of hydrogen-bond donors (Lipinski definition) is 0. The third kappa shape index (κ3) is 2.99. The van der Waals surface area contributed by atoms with Gasteiger partial charge < -0.3 is 4.74 Å². The summed E-state index contributed by atoms with van der Waals surface area (Å²) in [5, 5.41) is 0. The summed E-state index contributed by atoms with van der Waals surface area (Å²) < 4.78 is 5.03. The third-order valence-electron chi connectivity index (χ3n) is 2.75. The molecule has 2 aromatic heterocycles. The van der Waals surface area contributed by atoms with Crippen LogP contribution in [-0.2, 0) is 4.74 Å².